The first-order chi connectivity index (χ1) is 14.5. The Balaban J connectivity index is 2.11. The Labute approximate surface area is 181 Å². The van der Waals surface area contributed by atoms with Crippen LogP contribution in [0.1, 0.15) is 39.3 Å². The van der Waals surface area contributed by atoms with Crippen molar-refractivity contribution in [1.82, 2.24) is 0 Å². The topological polar surface area (TPSA) is 95.9 Å². The van der Waals surface area contributed by atoms with Crippen molar-refractivity contribution in [3.05, 3.63) is 65.4 Å². The van der Waals surface area contributed by atoms with Crippen molar-refractivity contribution < 1.29 is 24.2 Å². The van der Waals surface area contributed by atoms with Gasteiger partial charge in [-0.15, -0.1) is 0 Å². The minimum atomic E-state index is -0.795. The second-order valence-electron chi connectivity index (χ2n) is 8.42. The highest BCUT2D eigenvalue weighted by molar-refractivity contribution is 6.17. The average Bonchev–Trinajstić information content (AvgIpc) is 2.98. The molecule has 0 radical (unpaired) electrons. The fourth-order valence-corrected chi connectivity index (χ4v) is 3.52. The Morgan fingerprint density at radius 1 is 1.03 bits per heavy atom. The Hall–Kier alpha value is -3.61. The number of aliphatic hydroxyl groups excluding tert-OH is 1. The molecule has 0 aromatic heterocycles. The number of benzene rings is 2. The predicted molar refractivity (Wildman–Crippen MR) is 118 cm³/mol. The molecule has 1 unspecified atom stereocenters. The number of hydrogen-bond acceptors (Lipinski definition) is 5. The van der Waals surface area contributed by atoms with Crippen molar-refractivity contribution in [2.45, 2.75) is 33.7 Å². The van der Waals surface area contributed by atoms with E-state index < -0.39 is 23.1 Å². The molecule has 7 heteroatoms. The van der Waals surface area contributed by atoms with E-state index in [0.717, 1.165) is 0 Å². The molecule has 1 aliphatic rings. The molecule has 3 rings (SSSR count). The van der Waals surface area contributed by atoms with E-state index >= 15 is 0 Å². The zero-order chi connectivity index (χ0) is 22.9. The van der Waals surface area contributed by atoms with Crippen LogP contribution in [0.3, 0.4) is 0 Å². The van der Waals surface area contributed by atoms with Crippen molar-refractivity contribution in [3.63, 3.8) is 0 Å². The minimum Gasteiger partial charge on any atom is -0.503 e. The number of nitrogens with one attached hydrogen (secondary N) is 1. The summed E-state index contributed by atoms with van der Waals surface area (Å²) in [6.45, 7) is 6.64. The monoisotopic (exact) mass is 422 g/mol. The number of ether oxygens (including phenoxy) is 1. The summed E-state index contributed by atoms with van der Waals surface area (Å²) in [6, 6.07) is 12.9. The second-order valence-corrected chi connectivity index (χ2v) is 8.42. The van der Waals surface area contributed by atoms with Gasteiger partial charge in [0.25, 0.3) is 5.91 Å². The molecule has 1 heterocycles. The molecule has 2 aromatic carbocycles. The smallest absolute Gasteiger partial charge is 0.294 e. The van der Waals surface area contributed by atoms with Crippen LogP contribution in [0.15, 0.2) is 59.9 Å². The summed E-state index contributed by atoms with van der Waals surface area (Å²) in [5.74, 6) is -1.08. The number of rotatable bonds is 5. The summed E-state index contributed by atoms with van der Waals surface area (Å²) < 4.78 is 5.22. The van der Waals surface area contributed by atoms with E-state index in [1.165, 1.54) is 11.8 Å². The summed E-state index contributed by atoms with van der Waals surface area (Å²) in [4.78, 5) is 39.0. The molecule has 0 fully saturated rings. The first-order valence-electron chi connectivity index (χ1n) is 9.87. The van der Waals surface area contributed by atoms with E-state index in [9.17, 15) is 19.5 Å². The largest absolute Gasteiger partial charge is 0.503 e. The van der Waals surface area contributed by atoms with Crippen LogP contribution >= 0.6 is 0 Å². The van der Waals surface area contributed by atoms with Crippen LogP contribution in [0.2, 0.25) is 0 Å². The Kier molecular flexibility index (Phi) is 5.88. The summed E-state index contributed by atoms with van der Waals surface area (Å²) in [7, 11) is 1.55. The minimum absolute atomic E-state index is 0.0635. The summed E-state index contributed by atoms with van der Waals surface area (Å²) in [5, 5.41) is 13.4. The zero-order valence-corrected chi connectivity index (χ0v) is 18.2. The number of methoxy groups -OCH3 is 1. The Bertz CT molecular complexity index is 1050. The van der Waals surface area contributed by atoms with Crippen LogP contribution < -0.4 is 15.0 Å². The van der Waals surface area contributed by atoms with Gasteiger partial charge >= 0.3 is 0 Å². The van der Waals surface area contributed by atoms with Gasteiger partial charge in [-0.25, -0.2) is 0 Å². The molecule has 0 saturated heterocycles. The van der Waals surface area contributed by atoms with Crippen LogP contribution in [0.5, 0.6) is 5.75 Å². The molecule has 2 amide bonds. The summed E-state index contributed by atoms with van der Waals surface area (Å²) >= 11 is 0. The molecule has 1 atom stereocenters. The maximum atomic E-state index is 13.2. The molecule has 31 heavy (non-hydrogen) atoms. The number of ketones is 1. The number of Topliss-reactive ketones (excluding diaryl/α,β-unsaturated/α-hetero) is 1. The lowest BCUT2D eigenvalue weighted by Crippen LogP contribution is -2.32. The number of hydrogen-bond donors (Lipinski definition) is 2. The van der Waals surface area contributed by atoms with Crippen LogP contribution in [-0.4, -0.2) is 29.8 Å². The number of carbonyl (C=O) groups excluding carboxylic acids is 3. The van der Waals surface area contributed by atoms with E-state index in [1.807, 2.05) is 0 Å². The lowest BCUT2D eigenvalue weighted by Gasteiger charge is -2.29. The maximum absolute atomic E-state index is 13.2. The van der Waals surface area contributed by atoms with Crippen molar-refractivity contribution in [2.24, 2.45) is 5.41 Å². The van der Waals surface area contributed by atoms with Gasteiger partial charge in [-0.2, -0.15) is 0 Å². The Morgan fingerprint density at radius 2 is 1.61 bits per heavy atom. The van der Waals surface area contributed by atoms with E-state index in [0.29, 0.717) is 22.7 Å². The van der Waals surface area contributed by atoms with E-state index in [2.05, 4.69) is 5.32 Å². The third-order valence-corrected chi connectivity index (χ3v) is 5.03. The third kappa shape index (κ3) is 4.30. The zero-order valence-electron chi connectivity index (χ0n) is 18.2. The third-order valence-electron chi connectivity index (χ3n) is 5.03. The number of nitrogens with zero attached hydrogens (tertiary/aromatic N) is 1. The molecule has 2 N–H and O–H groups in total. The average molecular weight is 422 g/mol. The van der Waals surface area contributed by atoms with E-state index in [-0.39, 0.29) is 17.3 Å². The highest BCUT2D eigenvalue weighted by Crippen LogP contribution is 2.43. The molecular weight excluding hydrogens is 396 g/mol. The van der Waals surface area contributed by atoms with Gasteiger partial charge in [0.05, 0.1) is 18.7 Å². The van der Waals surface area contributed by atoms with Crippen LogP contribution in [0.25, 0.3) is 0 Å². The second kappa shape index (κ2) is 8.26. The Morgan fingerprint density at radius 3 is 2.10 bits per heavy atom. The first-order valence-corrected chi connectivity index (χ1v) is 9.87. The van der Waals surface area contributed by atoms with Crippen LogP contribution in [0.4, 0.5) is 11.4 Å². The van der Waals surface area contributed by atoms with Gasteiger partial charge in [-0.3, -0.25) is 19.3 Å². The van der Waals surface area contributed by atoms with Crippen molar-refractivity contribution in [2.75, 3.05) is 17.3 Å². The quantitative estimate of drug-likeness (QED) is 0.754. The van der Waals surface area contributed by atoms with Gasteiger partial charge in [-0.1, -0.05) is 32.9 Å². The molecule has 7 nitrogen and oxygen atoms in total. The molecule has 0 bridgehead atoms. The van der Waals surface area contributed by atoms with Crippen molar-refractivity contribution >= 4 is 29.0 Å². The SMILES string of the molecule is COc1ccc(C2C(C(=O)C(C)(C)C)=C(O)C(=O)N2c2ccc(NC(C)=O)cc2)cc1. The van der Waals surface area contributed by atoms with Gasteiger partial charge in [0, 0.05) is 23.7 Å². The number of anilines is 2. The number of carbonyl (C=O) groups is 3. The van der Waals surface area contributed by atoms with E-state index in [1.54, 1.807) is 76.4 Å². The van der Waals surface area contributed by atoms with Crippen LogP contribution in [-0.2, 0) is 14.4 Å². The predicted octanol–water partition coefficient (Wildman–Crippen LogP) is 4.17. The van der Waals surface area contributed by atoms with Gasteiger partial charge in [0.15, 0.2) is 11.5 Å². The summed E-state index contributed by atoms with van der Waals surface area (Å²) in [6.07, 6.45) is 0. The number of amides is 2. The summed E-state index contributed by atoms with van der Waals surface area (Å²) in [5.41, 5.74) is 1.00. The molecule has 0 spiro atoms. The molecule has 162 valence electrons. The van der Waals surface area contributed by atoms with Crippen molar-refractivity contribution in [3.8, 4) is 5.75 Å². The lowest BCUT2D eigenvalue weighted by atomic mass is 9.82. The fourth-order valence-electron chi connectivity index (χ4n) is 3.52. The lowest BCUT2D eigenvalue weighted by molar-refractivity contribution is -0.123. The first kappa shape index (κ1) is 22.1. The molecule has 2 aromatic rings. The fraction of sp³-hybridized carbons (Fsp3) is 0.292. The highest BCUT2D eigenvalue weighted by Gasteiger charge is 2.46. The normalized spacial score (nSPS) is 16.5. The van der Waals surface area contributed by atoms with Gasteiger partial charge in [0.1, 0.15) is 5.75 Å². The van der Waals surface area contributed by atoms with Gasteiger partial charge in [-0.05, 0) is 42.0 Å². The van der Waals surface area contributed by atoms with Crippen LogP contribution in [0, 0.1) is 5.41 Å². The maximum Gasteiger partial charge on any atom is 0.294 e. The van der Waals surface area contributed by atoms with Gasteiger partial charge in [0.2, 0.25) is 5.91 Å². The molecular formula is C24H26N2O5. The van der Waals surface area contributed by atoms with Gasteiger partial charge < -0.3 is 15.2 Å². The molecule has 1 aliphatic heterocycles. The standard InChI is InChI=1S/C24H26N2O5/c1-14(27)25-16-8-10-17(11-9-16)26-20(15-6-12-18(31-5)13-7-15)19(21(28)23(26)30)22(29)24(2,3)4/h6-13,20,28H,1-5H3,(H,25,27). The van der Waals surface area contributed by atoms with Crippen molar-refractivity contribution in [1.29, 1.82) is 0 Å². The van der Waals surface area contributed by atoms with E-state index in [4.69, 9.17) is 4.74 Å². The molecule has 0 aliphatic carbocycles. The number of aliphatic hydroxyl groups is 1. The molecule has 0 saturated carbocycles. The highest BCUT2D eigenvalue weighted by atomic mass is 16.5.